The number of carboxylic acid groups (broad SMARTS) is 1. The second-order valence-electron chi connectivity index (χ2n) is 4.97. The molecule has 6 heteroatoms. The molecule has 0 aliphatic carbocycles. The van der Waals surface area contributed by atoms with Gasteiger partial charge in [-0.05, 0) is 30.4 Å². The summed E-state index contributed by atoms with van der Waals surface area (Å²) in [6, 6.07) is 7.56. The molecule has 0 fully saturated rings. The predicted molar refractivity (Wildman–Crippen MR) is 78.9 cm³/mol. The third-order valence-corrected chi connectivity index (χ3v) is 4.97. The van der Waals surface area contributed by atoms with Crippen molar-refractivity contribution in [2.75, 3.05) is 6.16 Å². The maximum absolute atomic E-state index is 12.0. The van der Waals surface area contributed by atoms with E-state index < -0.39 is 25.3 Å². The minimum Gasteiger partial charge on any atom is -0.549 e. The van der Waals surface area contributed by atoms with Gasteiger partial charge in [0.05, 0.1) is 12.1 Å². The van der Waals surface area contributed by atoms with Crippen LogP contribution in [-0.2, 0) is 25.9 Å². The molecule has 21 heavy (non-hydrogen) atoms. The van der Waals surface area contributed by atoms with Crippen molar-refractivity contribution in [3.05, 3.63) is 35.4 Å². The van der Waals surface area contributed by atoms with Crippen LogP contribution in [0.2, 0.25) is 0 Å². The molecule has 0 radical (unpaired) electrons. The summed E-state index contributed by atoms with van der Waals surface area (Å²) in [5.74, 6) is -1.59. The van der Waals surface area contributed by atoms with Crippen LogP contribution >= 0.6 is 7.60 Å². The fraction of sp³-hybridized carbons (Fsp3) is 0.533. The topological polar surface area (TPSA) is 86.7 Å². The number of aryl methyl sites for hydroxylation is 1. The molecule has 0 saturated heterocycles. The minimum absolute atomic E-state index is 0.470. The summed E-state index contributed by atoms with van der Waals surface area (Å²) in [6.45, 7) is 5.71. The number of hydrogen-bond acceptors (Lipinski definition) is 4. The van der Waals surface area contributed by atoms with Crippen LogP contribution in [0.4, 0.5) is 0 Å². The molecule has 1 aromatic rings. The Bertz CT molecular complexity index is 537. The van der Waals surface area contributed by atoms with E-state index in [0.717, 1.165) is 17.5 Å². The molecule has 5 nitrogen and oxygen atoms in total. The number of carbonyl (C=O) groups is 1. The highest BCUT2D eigenvalue weighted by Gasteiger charge is 2.38. The molecule has 0 saturated carbocycles. The Balaban J connectivity index is 3.26. The zero-order chi connectivity index (χ0) is 16.1. The summed E-state index contributed by atoms with van der Waals surface area (Å²) >= 11 is 0. The standard InChI is InChI=1S/C15H23O5P/c1-4-12-9-7-8-10-13(12)15(5-2,6-3)20-21(18,19)11-14(16)17/h7-10H,4-6,11H2,1-3H3,(H,16,17)(H,18,19)/p-1. The summed E-state index contributed by atoms with van der Waals surface area (Å²) in [7, 11) is -4.26. The molecule has 0 aromatic heterocycles. The number of rotatable bonds is 8. The first-order chi connectivity index (χ1) is 9.80. The predicted octanol–water partition coefficient (Wildman–Crippen LogP) is 2.22. The lowest BCUT2D eigenvalue weighted by molar-refractivity contribution is -0.301. The molecule has 0 aliphatic heterocycles. The van der Waals surface area contributed by atoms with E-state index in [2.05, 4.69) is 0 Å². The smallest absolute Gasteiger partial charge is 0.334 e. The lowest BCUT2D eigenvalue weighted by atomic mass is 9.85. The number of carboxylic acids is 1. The molecule has 118 valence electrons. The monoisotopic (exact) mass is 313 g/mol. The highest BCUT2D eigenvalue weighted by atomic mass is 31.2. The SMILES string of the molecule is CCc1ccccc1C(CC)(CC)OP(=O)(O)CC(=O)[O-]. The molecule has 0 aliphatic rings. The molecular weight excluding hydrogens is 291 g/mol. The van der Waals surface area contributed by atoms with Gasteiger partial charge in [-0.3, -0.25) is 9.09 Å². The summed E-state index contributed by atoms with van der Waals surface area (Å²) < 4.78 is 17.5. The van der Waals surface area contributed by atoms with E-state index in [1.165, 1.54) is 0 Å². The fourth-order valence-corrected chi connectivity index (χ4v) is 3.84. The van der Waals surface area contributed by atoms with Crippen molar-refractivity contribution in [1.29, 1.82) is 0 Å². The van der Waals surface area contributed by atoms with Gasteiger partial charge in [0.2, 0.25) is 0 Å². The lowest BCUT2D eigenvalue weighted by Gasteiger charge is -2.35. The normalized spacial score (nSPS) is 14.7. The van der Waals surface area contributed by atoms with E-state index in [0.29, 0.717) is 12.8 Å². The number of aliphatic carboxylic acids is 1. The second-order valence-corrected chi connectivity index (χ2v) is 6.74. The number of benzene rings is 1. The van der Waals surface area contributed by atoms with Crippen molar-refractivity contribution in [3.63, 3.8) is 0 Å². The first-order valence-corrected chi connectivity index (χ1v) is 8.87. The largest absolute Gasteiger partial charge is 0.549 e. The Morgan fingerprint density at radius 1 is 1.29 bits per heavy atom. The Hall–Kier alpha value is -1.16. The second kappa shape index (κ2) is 7.21. The van der Waals surface area contributed by atoms with E-state index >= 15 is 0 Å². The molecule has 0 heterocycles. The van der Waals surface area contributed by atoms with Crippen molar-refractivity contribution in [1.82, 2.24) is 0 Å². The summed E-state index contributed by atoms with van der Waals surface area (Å²) in [6.07, 6.45) is 0.705. The fourth-order valence-electron chi connectivity index (χ4n) is 2.55. The van der Waals surface area contributed by atoms with Crippen LogP contribution in [0.15, 0.2) is 24.3 Å². The van der Waals surface area contributed by atoms with E-state index in [-0.39, 0.29) is 0 Å². The maximum atomic E-state index is 12.0. The van der Waals surface area contributed by atoms with Crippen molar-refractivity contribution >= 4 is 13.6 Å². The van der Waals surface area contributed by atoms with Gasteiger partial charge in [-0.2, -0.15) is 0 Å². The van der Waals surface area contributed by atoms with E-state index in [1.54, 1.807) is 0 Å². The van der Waals surface area contributed by atoms with Gasteiger partial charge >= 0.3 is 7.60 Å². The Kier molecular flexibility index (Phi) is 6.14. The zero-order valence-corrected chi connectivity index (χ0v) is 13.6. The van der Waals surface area contributed by atoms with E-state index in [4.69, 9.17) is 4.52 Å². The van der Waals surface area contributed by atoms with Gasteiger partial charge in [-0.1, -0.05) is 45.0 Å². The Labute approximate surface area is 125 Å². The third-order valence-electron chi connectivity index (χ3n) is 3.68. The quantitative estimate of drug-likeness (QED) is 0.744. The average molecular weight is 313 g/mol. The van der Waals surface area contributed by atoms with Crippen LogP contribution in [0.1, 0.15) is 44.7 Å². The number of hydrogen-bond donors (Lipinski definition) is 1. The van der Waals surface area contributed by atoms with Crippen LogP contribution in [0.3, 0.4) is 0 Å². The molecule has 1 rings (SSSR count). The van der Waals surface area contributed by atoms with Crippen molar-refractivity contribution in [3.8, 4) is 0 Å². The minimum atomic E-state index is -4.26. The van der Waals surface area contributed by atoms with Gasteiger partial charge in [0.1, 0.15) is 5.60 Å². The average Bonchev–Trinajstić information content (AvgIpc) is 2.43. The Morgan fingerprint density at radius 2 is 1.86 bits per heavy atom. The van der Waals surface area contributed by atoms with Crippen LogP contribution in [0.25, 0.3) is 0 Å². The van der Waals surface area contributed by atoms with Gasteiger partial charge in [0, 0.05) is 0 Å². The molecule has 0 spiro atoms. The first kappa shape index (κ1) is 17.9. The summed E-state index contributed by atoms with van der Waals surface area (Å²) in [5, 5.41) is 10.6. The molecule has 1 aromatic carbocycles. The Morgan fingerprint density at radius 3 is 2.33 bits per heavy atom. The van der Waals surface area contributed by atoms with Gasteiger partial charge in [0.25, 0.3) is 0 Å². The molecule has 1 unspecified atom stereocenters. The molecule has 1 N–H and O–H groups in total. The van der Waals surface area contributed by atoms with Gasteiger partial charge in [-0.25, -0.2) is 0 Å². The highest BCUT2D eigenvalue weighted by Crippen LogP contribution is 2.52. The van der Waals surface area contributed by atoms with E-state index in [9.17, 15) is 19.4 Å². The lowest BCUT2D eigenvalue weighted by Crippen LogP contribution is -2.32. The first-order valence-electron chi connectivity index (χ1n) is 7.11. The van der Waals surface area contributed by atoms with Crippen molar-refractivity contribution in [2.24, 2.45) is 0 Å². The van der Waals surface area contributed by atoms with Crippen LogP contribution < -0.4 is 5.11 Å². The third kappa shape index (κ3) is 4.40. The maximum Gasteiger partial charge on any atom is 0.334 e. The van der Waals surface area contributed by atoms with Gasteiger partial charge < -0.3 is 14.8 Å². The van der Waals surface area contributed by atoms with Gasteiger partial charge in [0.15, 0.2) is 0 Å². The van der Waals surface area contributed by atoms with Crippen LogP contribution in [0.5, 0.6) is 0 Å². The van der Waals surface area contributed by atoms with Crippen molar-refractivity contribution in [2.45, 2.75) is 45.6 Å². The van der Waals surface area contributed by atoms with Crippen LogP contribution in [-0.4, -0.2) is 17.0 Å². The molecule has 0 bridgehead atoms. The van der Waals surface area contributed by atoms with Gasteiger partial charge in [-0.15, -0.1) is 0 Å². The molecule has 1 atom stereocenters. The number of carbonyl (C=O) groups excluding carboxylic acids is 1. The van der Waals surface area contributed by atoms with Crippen LogP contribution in [0, 0.1) is 0 Å². The van der Waals surface area contributed by atoms with Crippen molar-refractivity contribution < 1.29 is 23.9 Å². The summed E-state index contributed by atoms with van der Waals surface area (Å²) in [5.41, 5.74) is 0.895. The molecule has 0 amide bonds. The highest BCUT2D eigenvalue weighted by molar-refractivity contribution is 7.53. The molecular formula is C15H22O5P-. The zero-order valence-electron chi connectivity index (χ0n) is 12.7. The van der Waals surface area contributed by atoms with E-state index in [1.807, 2.05) is 45.0 Å². The summed E-state index contributed by atoms with van der Waals surface area (Å²) in [4.78, 5) is 20.4.